The Morgan fingerprint density at radius 1 is 1.24 bits per heavy atom. The highest BCUT2D eigenvalue weighted by Crippen LogP contribution is 2.45. The maximum Gasteiger partial charge on any atom is 0.408 e. The van der Waals surface area contributed by atoms with E-state index in [1.165, 1.54) is 6.92 Å². The number of alkyl carbamates (subject to hydrolysis) is 1. The molecular weight excluding hydrogens is 438 g/mol. The average Bonchev–Trinajstić information content (AvgIpc) is 3.16. The smallest absolute Gasteiger partial charge is 0.408 e. The molecule has 0 bridgehead atoms. The summed E-state index contributed by atoms with van der Waals surface area (Å²) in [5, 5.41) is 35.0. The maximum atomic E-state index is 12.5. The van der Waals surface area contributed by atoms with Crippen molar-refractivity contribution in [2.75, 3.05) is 13.7 Å². The summed E-state index contributed by atoms with van der Waals surface area (Å²) < 4.78 is 15.5. The number of rotatable bonds is 8. The number of amides is 3. The number of hydrogen-bond acceptors (Lipinski definition) is 10. The molecule has 1 aliphatic rings. The molecule has 13 heteroatoms. The third kappa shape index (κ3) is 6.78. The van der Waals surface area contributed by atoms with E-state index in [0.29, 0.717) is 12.8 Å². The Bertz CT molecular complexity index is 844. The van der Waals surface area contributed by atoms with Gasteiger partial charge in [0, 0.05) is 0 Å². The minimum absolute atomic E-state index is 0.0604. The topological polar surface area (TPSA) is 185 Å². The molecule has 0 radical (unpaired) electrons. The Kier molecular flexibility index (Phi) is 8.25. The summed E-state index contributed by atoms with van der Waals surface area (Å²) in [7, 11) is 1.14. The number of aliphatic hydroxyl groups is 2. The van der Waals surface area contributed by atoms with Gasteiger partial charge >= 0.3 is 18.1 Å². The first-order valence-electron chi connectivity index (χ1n) is 10.6. The predicted octanol–water partition coefficient (Wildman–Crippen LogP) is 0.475. The lowest BCUT2D eigenvalue weighted by Gasteiger charge is -2.44. The van der Waals surface area contributed by atoms with Crippen LogP contribution in [0.1, 0.15) is 65.3 Å². The van der Waals surface area contributed by atoms with E-state index in [2.05, 4.69) is 30.9 Å². The van der Waals surface area contributed by atoms with Crippen molar-refractivity contribution >= 4 is 18.1 Å². The summed E-state index contributed by atoms with van der Waals surface area (Å²) in [4.78, 5) is 36.3. The molecule has 5 N–H and O–H groups in total. The van der Waals surface area contributed by atoms with Crippen molar-refractivity contribution in [2.24, 2.45) is 5.92 Å². The third-order valence-electron chi connectivity index (χ3n) is 4.99. The van der Waals surface area contributed by atoms with Gasteiger partial charge in [-0.05, 0) is 46.5 Å². The van der Waals surface area contributed by atoms with E-state index in [-0.39, 0.29) is 17.7 Å². The second-order valence-electron chi connectivity index (χ2n) is 9.26. The van der Waals surface area contributed by atoms with Crippen molar-refractivity contribution in [2.45, 2.75) is 76.8 Å². The van der Waals surface area contributed by atoms with Crippen LogP contribution in [0.5, 0.6) is 0 Å². The van der Waals surface area contributed by atoms with E-state index in [9.17, 15) is 24.6 Å². The second-order valence-corrected chi connectivity index (χ2v) is 9.26. The van der Waals surface area contributed by atoms with Crippen LogP contribution in [0.4, 0.5) is 9.59 Å². The fourth-order valence-electron chi connectivity index (χ4n) is 3.57. The Hall–Kier alpha value is -2.93. The average molecular weight is 472 g/mol. The molecule has 0 aliphatic heterocycles. The van der Waals surface area contributed by atoms with Crippen molar-refractivity contribution in [3.8, 4) is 0 Å². The van der Waals surface area contributed by atoms with Crippen LogP contribution in [0, 0.1) is 5.92 Å². The van der Waals surface area contributed by atoms with Crippen LogP contribution >= 0.6 is 0 Å². The molecule has 2 rings (SSSR count). The normalized spacial score (nSPS) is 22.8. The SMILES string of the molecule is COC(=O)[C@H](CO)NC(=O)N[C@]1(c2nnc([C@@H](NC(=O)OC(C)(C)C)[C@@H](C)O)o2)C[C@@H](C)C1. The standard InChI is InChI=1S/C20H33N5O8/c1-10-7-20(8-10,23-17(29)21-12(9-26)15(28)31-6)16-25-24-14(32-16)13(11(2)27)22-18(30)33-19(3,4)5/h10-13,26-27H,7-9H2,1-6H3,(H,22,30)(H2,21,23,29)/t10-,11-,12+,13+,20-/m1/s1. The van der Waals surface area contributed by atoms with Gasteiger partial charge in [0.1, 0.15) is 17.2 Å². The minimum atomic E-state index is -1.24. The van der Waals surface area contributed by atoms with Crippen LogP contribution in [-0.2, 0) is 19.8 Å². The van der Waals surface area contributed by atoms with E-state index < -0.39 is 54.0 Å². The van der Waals surface area contributed by atoms with Crippen molar-refractivity contribution in [3.05, 3.63) is 11.8 Å². The molecule has 186 valence electrons. The second kappa shape index (κ2) is 10.3. The zero-order valence-electron chi connectivity index (χ0n) is 19.7. The molecule has 0 spiro atoms. The van der Waals surface area contributed by atoms with Gasteiger partial charge in [0.05, 0.1) is 19.8 Å². The largest absolute Gasteiger partial charge is 0.467 e. The zero-order valence-corrected chi connectivity index (χ0v) is 19.7. The van der Waals surface area contributed by atoms with Gasteiger partial charge in [0.15, 0.2) is 6.04 Å². The molecule has 0 unspecified atom stereocenters. The Labute approximate surface area is 191 Å². The first-order valence-corrected chi connectivity index (χ1v) is 10.6. The monoisotopic (exact) mass is 471 g/mol. The number of nitrogens with one attached hydrogen (secondary N) is 3. The first kappa shape index (κ1) is 26.3. The molecule has 1 aromatic heterocycles. The highest BCUT2D eigenvalue weighted by Gasteiger charge is 2.50. The van der Waals surface area contributed by atoms with Gasteiger partial charge in [-0.1, -0.05) is 6.92 Å². The molecule has 3 atom stereocenters. The highest BCUT2D eigenvalue weighted by atomic mass is 16.6. The minimum Gasteiger partial charge on any atom is -0.467 e. The van der Waals surface area contributed by atoms with E-state index in [1.54, 1.807) is 20.8 Å². The number of hydrogen-bond donors (Lipinski definition) is 5. The number of esters is 1. The van der Waals surface area contributed by atoms with Crippen LogP contribution < -0.4 is 16.0 Å². The van der Waals surface area contributed by atoms with Gasteiger partial charge in [-0.3, -0.25) is 0 Å². The van der Waals surface area contributed by atoms with E-state index in [1.807, 2.05) is 6.92 Å². The van der Waals surface area contributed by atoms with Crippen LogP contribution in [0.3, 0.4) is 0 Å². The van der Waals surface area contributed by atoms with E-state index in [4.69, 9.17) is 9.15 Å². The zero-order chi connectivity index (χ0) is 25.0. The molecule has 1 fully saturated rings. The van der Waals surface area contributed by atoms with Gasteiger partial charge < -0.3 is 40.1 Å². The van der Waals surface area contributed by atoms with Crippen molar-refractivity contribution in [1.82, 2.24) is 26.1 Å². The molecule has 1 aromatic rings. The molecule has 0 aromatic carbocycles. The van der Waals surface area contributed by atoms with Gasteiger partial charge in [-0.15, -0.1) is 10.2 Å². The van der Waals surface area contributed by atoms with Gasteiger partial charge in [-0.2, -0.15) is 0 Å². The number of carbonyl (C=O) groups excluding carboxylic acids is 3. The van der Waals surface area contributed by atoms with E-state index >= 15 is 0 Å². The lowest BCUT2D eigenvalue weighted by Crippen LogP contribution is -2.59. The maximum absolute atomic E-state index is 12.5. The number of methoxy groups -OCH3 is 1. The van der Waals surface area contributed by atoms with Crippen LogP contribution in [-0.4, -0.2) is 70.0 Å². The van der Waals surface area contributed by atoms with Crippen molar-refractivity contribution in [3.63, 3.8) is 0 Å². The Morgan fingerprint density at radius 2 is 1.88 bits per heavy atom. The van der Waals surface area contributed by atoms with Gasteiger partial charge in [0.25, 0.3) is 0 Å². The summed E-state index contributed by atoms with van der Waals surface area (Å²) in [5.41, 5.74) is -1.76. The number of aromatic nitrogens is 2. The summed E-state index contributed by atoms with van der Waals surface area (Å²) in [6.07, 6.45) is -0.898. The molecular formula is C20H33N5O8. The lowest BCUT2D eigenvalue weighted by molar-refractivity contribution is -0.143. The molecule has 13 nitrogen and oxygen atoms in total. The highest BCUT2D eigenvalue weighted by molar-refractivity contribution is 5.84. The fraction of sp³-hybridized carbons (Fsp3) is 0.750. The lowest BCUT2D eigenvalue weighted by atomic mass is 9.69. The van der Waals surface area contributed by atoms with Crippen LogP contribution in [0.15, 0.2) is 4.42 Å². The Morgan fingerprint density at radius 3 is 2.36 bits per heavy atom. The molecule has 1 saturated carbocycles. The summed E-state index contributed by atoms with van der Waals surface area (Å²) >= 11 is 0. The molecule has 3 amide bonds. The number of carbonyl (C=O) groups is 3. The summed E-state index contributed by atoms with van der Waals surface area (Å²) in [6, 6.07) is -3.01. The first-order chi connectivity index (χ1) is 15.3. The molecule has 1 heterocycles. The number of nitrogens with zero attached hydrogens (tertiary/aromatic N) is 2. The number of ether oxygens (including phenoxy) is 2. The van der Waals surface area contributed by atoms with Crippen LogP contribution in [0.25, 0.3) is 0 Å². The van der Waals surface area contributed by atoms with Gasteiger partial charge in [-0.25, -0.2) is 14.4 Å². The number of aliphatic hydroxyl groups excluding tert-OH is 2. The summed E-state index contributed by atoms with van der Waals surface area (Å²) in [6.45, 7) is 7.89. The van der Waals surface area contributed by atoms with Gasteiger partial charge in [0.2, 0.25) is 11.8 Å². The molecule has 33 heavy (non-hydrogen) atoms. The predicted molar refractivity (Wildman–Crippen MR) is 113 cm³/mol. The van der Waals surface area contributed by atoms with Crippen molar-refractivity contribution in [1.29, 1.82) is 0 Å². The Balaban J connectivity index is 2.18. The molecule has 1 aliphatic carbocycles. The fourth-order valence-corrected chi connectivity index (χ4v) is 3.57. The van der Waals surface area contributed by atoms with Crippen molar-refractivity contribution < 1.29 is 38.5 Å². The third-order valence-corrected chi connectivity index (χ3v) is 4.99. The summed E-state index contributed by atoms with van der Waals surface area (Å²) in [5.74, 6) is -0.533. The van der Waals surface area contributed by atoms with E-state index in [0.717, 1.165) is 7.11 Å². The quantitative estimate of drug-likeness (QED) is 0.334. The van der Waals surface area contributed by atoms with Crippen LogP contribution in [0.2, 0.25) is 0 Å². The molecule has 0 saturated heterocycles. The number of urea groups is 1.